The van der Waals surface area contributed by atoms with E-state index in [1.165, 1.54) is 0 Å². The number of nitrogens with one attached hydrogen (secondary N) is 1. The van der Waals surface area contributed by atoms with Crippen molar-refractivity contribution in [3.05, 3.63) is 0 Å². The van der Waals surface area contributed by atoms with Gasteiger partial charge in [-0.05, 0) is 13.8 Å². The van der Waals surface area contributed by atoms with Crippen LogP contribution >= 0.6 is 22.6 Å². The maximum absolute atomic E-state index is 11.4. The minimum Gasteiger partial charge on any atom is -0.463 e. The summed E-state index contributed by atoms with van der Waals surface area (Å²) in [5.41, 5.74) is 0. The Balaban J connectivity index is 2.12. The van der Waals surface area contributed by atoms with Crippen LogP contribution in [0.1, 0.15) is 13.8 Å². The second kappa shape index (κ2) is 6.00. The van der Waals surface area contributed by atoms with Crippen LogP contribution < -0.4 is 5.32 Å². The fraction of sp³-hybridized carbons (Fsp3) is 0.900. The lowest BCUT2D eigenvalue weighted by Crippen LogP contribution is -2.45. The maximum atomic E-state index is 11.4. The molecule has 0 radical (unpaired) electrons. The first-order valence-corrected chi connectivity index (χ1v) is 6.37. The predicted molar refractivity (Wildman–Crippen MR) is 68.4 cm³/mol. The molecule has 0 amide bonds. The highest BCUT2D eigenvalue weighted by Gasteiger charge is 2.25. The van der Waals surface area contributed by atoms with Crippen LogP contribution in [-0.2, 0) is 9.53 Å². The number of nitrogens with zero attached hydrogens (tertiary/aromatic N) is 1. The van der Waals surface area contributed by atoms with E-state index in [0.29, 0.717) is 6.61 Å². The van der Waals surface area contributed by atoms with Gasteiger partial charge in [-0.3, -0.25) is 9.69 Å². The van der Waals surface area contributed by atoms with Gasteiger partial charge < -0.3 is 10.1 Å². The van der Waals surface area contributed by atoms with Crippen molar-refractivity contribution in [2.45, 2.75) is 17.3 Å². The number of hydrogen-bond donors (Lipinski definition) is 1. The Kier molecular flexibility index (Phi) is 5.28. The van der Waals surface area contributed by atoms with Gasteiger partial charge in [0.2, 0.25) is 0 Å². The van der Waals surface area contributed by atoms with Crippen molar-refractivity contribution in [3.8, 4) is 0 Å². The standard InChI is InChI=1S/C10H19IN2O2/c1-10(2,11)9(14)15-8-7-13-5-3-12-4-6-13/h12H,3-8H2,1-2H3. The molecular weight excluding hydrogens is 307 g/mol. The Labute approximate surface area is 105 Å². The van der Waals surface area contributed by atoms with Crippen molar-refractivity contribution in [3.63, 3.8) is 0 Å². The number of carbonyl (C=O) groups is 1. The van der Waals surface area contributed by atoms with Crippen molar-refractivity contribution in [1.82, 2.24) is 10.2 Å². The Morgan fingerprint density at radius 1 is 1.47 bits per heavy atom. The average molecular weight is 326 g/mol. The first-order chi connectivity index (χ1) is 7.00. The van der Waals surface area contributed by atoms with Crippen LogP contribution in [0.4, 0.5) is 0 Å². The molecule has 1 heterocycles. The number of carbonyl (C=O) groups excluding carboxylic acids is 1. The van der Waals surface area contributed by atoms with Gasteiger partial charge in [0, 0.05) is 32.7 Å². The zero-order valence-corrected chi connectivity index (χ0v) is 11.5. The molecule has 88 valence electrons. The molecule has 1 N–H and O–H groups in total. The van der Waals surface area contributed by atoms with E-state index in [2.05, 4.69) is 32.8 Å². The van der Waals surface area contributed by atoms with Gasteiger partial charge in [-0.2, -0.15) is 0 Å². The molecule has 1 aliphatic rings. The van der Waals surface area contributed by atoms with E-state index in [1.54, 1.807) is 0 Å². The van der Waals surface area contributed by atoms with E-state index in [1.807, 2.05) is 13.8 Å². The van der Waals surface area contributed by atoms with Gasteiger partial charge in [-0.15, -0.1) is 0 Å². The molecule has 1 rings (SSSR count). The Morgan fingerprint density at radius 2 is 2.07 bits per heavy atom. The van der Waals surface area contributed by atoms with Gasteiger partial charge in [0.25, 0.3) is 0 Å². The first-order valence-electron chi connectivity index (χ1n) is 5.29. The van der Waals surface area contributed by atoms with Crippen LogP contribution in [0.15, 0.2) is 0 Å². The molecule has 0 atom stereocenters. The van der Waals surface area contributed by atoms with E-state index in [-0.39, 0.29) is 5.97 Å². The number of hydrogen-bond acceptors (Lipinski definition) is 4. The molecule has 5 heteroatoms. The summed E-state index contributed by atoms with van der Waals surface area (Å²) in [4.78, 5) is 13.8. The van der Waals surface area contributed by atoms with E-state index >= 15 is 0 Å². The van der Waals surface area contributed by atoms with Crippen LogP contribution in [0.25, 0.3) is 0 Å². The normalized spacial score (nSPS) is 18.9. The number of esters is 1. The van der Waals surface area contributed by atoms with Gasteiger partial charge in [0.15, 0.2) is 0 Å². The highest BCUT2D eigenvalue weighted by Crippen LogP contribution is 2.18. The number of ether oxygens (including phenoxy) is 1. The molecule has 0 unspecified atom stereocenters. The van der Waals surface area contributed by atoms with Gasteiger partial charge in [-0.1, -0.05) is 22.6 Å². The van der Waals surface area contributed by atoms with Gasteiger partial charge >= 0.3 is 5.97 Å². The molecular formula is C10H19IN2O2. The summed E-state index contributed by atoms with van der Waals surface area (Å²) in [5, 5.41) is 3.29. The summed E-state index contributed by atoms with van der Waals surface area (Å²) < 4.78 is 4.79. The summed E-state index contributed by atoms with van der Waals surface area (Å²) >= 11 is 2.10. The second-order valence-electron chi connectivity index (χ2n) is 4.20. The molecule has 1 saturated heterocycles. The number of piperazine rings is 1. The third-order valence-corrected chi connectivity index (χ3v) is 2.78. The quantitative estimate of drug-likeness (QED) is 0.468. The summed E-state index contributed by atoms with van der Waals surface area (Å²) in [5.74, 6) is -0.127. The molecule has 1 aliphatic heterocycles. The maximum Gasteiger partial charge on any atom is 0.321 e. The monoisotopic (exact) mass is 326 g/mol. The fourth-order valence-electron chi connectivity index (χ4n) is 1.37. The molecule has 4 nitrogen and oxygen atoms in total. The fourth-order valence-corrected chi connectivity index (χ4v) is 1.53. The molecule has 0 aromatic carbocycles. The Hall–Kier alpha value is 0.120. The van der Waals surface area contributed by atoms with Crippen LogP contribution in [0, 0.1) is 0 Å². The number of halogens is 1. The first kappa shape index (κ1) is 13.2. The second-order valence-corrected chi connectivity index (χ2v) is 6.90. The van der Waals surface area contributed by atoms with E-state index in [4.69, 9.17) is 4.74 Å². The third-order valence-electron chi connectivity index (χ3n) is 2.34. The van der Waals surface area contributed by atoms with Crippen molar-refractivity contribution < 1.29 is 9.53 Å². The Bertz CT molecular complexity index is 210. The Morgan fingerprint density at radius 3 is 2.60 bits per heavy atom. The highest BCUT2D eigenvalue weighted by molar-refractivity contribution is 14.1. The van der Waals surface area contributed by atoms with Crippen molar-refractivity contribution in [2.75, 3.05) is 39.3 Å². The van der Waals surface area contributed by atoms with Crippen LogP contribution in [-0.4, -0.2) is 53.6 Å². The van der Waals surface area contributed by atoms with Crippen molar-refractivity contribution in [1.29, 1.82) is 0 Å². The van der Waals surface area contributed by atoms with Gasteiger partial charge in [-0.25, -0.2) is 0 Å². The van der Waals surface area contributed by atoms with Crippen LogP contribution in [0.5, 0.6) is 0 Å². The van der Waals surface area contributed by atoms with E-state index in [0.717, 1.165) is 32.7 Å². The topological polar surface area (TPSA) is 41.6 Å². The predicted octanol–water partition coefficient (Wildman–Crippen LogP) is 0.648. The number of alkyl halides is 1. The lowest BCUT2D eigenvalue weighted by atomic mass is 10.2. The third kappa shape index (κ3) is 5.12. The summed E-state index contributed by atoms with van der Waals surface area (Å²) in [7, 11) is 0. The summed E-state index contributed by atoms with van der Waals surface area (Å²) in [6.07, 6.45) is 0. The molecule has 0 aromatic heterocycles. The SMILES string of the molecule is CC(C)(I)C(=O)OCCN1CCNCC1. The lowest BCUT2D eigenvalue weighted by molar-refractivity contribution is -0.145. The minimum absolute atomic E-state index is 0.127. The molecule has 0 spiro atoms. The molecule has 0 aliphatic carbocycles. The summed E-state index contributed by atoms with van der Waals surface area (Å²) in [6, 6.07) is 0. The average Bonchev–Trinajstić information content (AvgIpc) is 2.18. The van der Waals surface area contributed by atoms with Crippen molar-refractivity contribution >= 4 is 28.6 Å². The van der Waals surface area contributed by atoms with E-state index < -0.39 is 3.42 Å². The molecule has 1 fully saturated rings. The van der Waals surface area contributed by atoms with Gasteiger partial charge in [0.05, 0.1) is 0 Å². The lowest BCUT2D eigenvalue weighted by Gasteiger charge is -2.27. The van der Waals surface area contributed by atoms with Crippen molar-refractivity contribution in [2.24, 2.45) is 0 Å². The molecule has 0 aromatic rings. The van der Waals surface area contributed by atoms with E-state index in [9.17, 15) is 4.79 Å². The van der Waals surface area contributed by atoms with Gasteiger partial charge in [0.1, 0.15) is 10.0 Å². The smallest absolute Gasteiger partial charge is 0.321 e. The molecule has 0 bridgehead atoms. The zero-order chi connectivity index (χ0) is 11.3. The zero-order valence-electron chi connectivity index (χ0n) is 9.38. The molecule has 15 heavy (non-hydrogen) atoms. The number of rotatable bonds is 4. The minimum atomic E-state index is -0.415. The van der Waals surface area contributed by atoms with Crippen LogP contribution in [0.3, 0.4) is 0 Å². The van der Waals surface area contributed by atoms with Crippen LogP contribution in [0.2, 0.25) is 0 Å². The largest absolute Gasteiger partial charge is 0.463 e. The highest BCUT2D eigenvalue weighted by atomic mass is 127. The molecule has 0 saturated carbocycles. The summed E-state index contributed by atoms with van der Waals surface area (Å²) in [6.45, 7) is 9.24.